The third kappa shape index (κ3) is 3.05. The van der Waals surface area contributed by atoms with Crippen molar-refractivity contribution in [1.82, 2.24) is 25.1 Å². The zero-order valence-corrected chi connectivity index (χ0v) is 14.5. The van der Waals surface area contributed by atoms with Crippen LogP contribution in [-0.4, -0.2) is 97.7 Å². The smallest absolute Gasteiger partial charge is 0.144 e. The van der Waals surface area contributed by atoms with E-state index in [-0.39, 0.29) is 5.79 Å². The average Bonchev–Trinajstić information content (AvgIpc) is 3.10. The fourth-order valence-corrected chi connectivity index (χ4v) is 5.05. The van der Waals surface area contributed by atoms with Gasteiger partial charge in [-0.1, -0.05) is 6.42 Å². The first-order valence-electron chi connectivity index (χ1n) is 9.72. The Morgan fingerprint density at radius 3 is 2.13 bits per heavy atom. The zero-order valence-electron chi connectivity index (χ0n) is 14.5. The Kier molecular flexibility index (Phi) is 5.18. The molecule has 0 aromatic rings. The van der Waals surface area contributed by atoms with Gasteiger partial charge in [-0.05, 0) is 25.7 Å². The molecule has 0 spiro atoms. The molecular weight excluding hydrogens is 290 g/mol. The van der Waals surface area contributed by atoms with Crippen molar-refractivity contribution in [3.63, 3.8) is 0 Å². The number of hydrogen-bond donors (Lipinski definition) is 1. The summed E-state index contributed by atoms with van der Waals surface area (Å²) >= 11 is 0. The number of piperazine rings is 1. The number of nitrogens with one attached hydrogen (secondary N) is 1. The third-order valence-corrected chi connectivity index (χ3v) is 6.11. The zero-order chi connectivity index (χ0) is 15.5. The number of piperidine rings is 1. The van der Waals surface area contributed by atoms with Gasteiger partial charge >= 0.3 is 0 Å². The maximum Gasteiger partial charge on any atom is 0.144 e. The summed E-state index contributed by atoms with van der Waals surface area (Å²) < 4.78 is 5.67. The SMILES string of the molecule is C1CCN(C2(N3CCOCC3)CCCN2N2CCNCC2)CC1. The van der Waals surface area contributed by atoms with Gasteiger partial charge < -0.3 is 10.1 Å². The molecule has 0 aromatic carbocycles. The molecule has 1 atom stereocenters. The average molecular weight is 323 g/mol. The van der Waals surface area contributed by atoms with Crippen LogP contribution in [0.15, 0.2) is 0 Å². The molecule has 6 nitrogen and oxygen atoms in total. The van der Waals surface area contributed by atoms with E-state index in [9.17, 15) is 0 Å². The molecule has 1 unspecified atom stereocenters. The van der Waals surface area contributed by atoms with Crippen LogP contribution in [-0.2, 0) is 4.74 Å². The van der Waals surface area contributed by atoms with Gasteiger partial charge in [-0.3, -0.25) is 9.80 Å². The topological polar surface area (TPSA) is 34.2 Å². The summed E-state index contributed by atoms with van der Waals surface area (Å²) in [6, 6.07) is 0. The Morgan fingerprint density at radius 2 is 1.39 bits per heavy atom. The van der Waals surface area contributed by atoms with E-state index in [2.05, 4.69) is 25.1 Å². The molecule has 0 saturated carbocycles. The van der Waals surface area contributed by atoms with E-state index in [0.29, 0.717) is 0 Å². The Labute approximate surface area is 140 Å². The van der Waals surface area contributed by atoms with Gasteiger partial charge in [0, 0.05) is 58.9 Å². The predicted octanol–water partition coefficient (Wildman–Crippen LogP) is 0.374. The Bertz CT molecular complexity index is 357. The van der Waals surface area contributed by atoms with Gasteiger partial charge in [-0.25, -0.2) is 10.0 Å². The molecular formula is C17H33N5O. The van der Waals surface area contributed by atoms with E-state index in [4.69, 9.17) is 4.74 Å². The first-order valence-corrected chi connectivity index (χ1v) is 9.72. The molecule has 6 heteroatoms. The van der Waals surface area contributed by atoms with Crippen molar-refractivity contribution in [3.05, 3.63) is 0 Å². The fourth-order valence-electron chi connectivity index (χ4n) is 5.05. The minimum atomic E-state index is 0.127. The van der Waals surface area contributed by atoms with E-state index in [0.717, 1.165) is 52.5 Å². The third-order valence-electron chi connectivity index (χ3n) is 6.11. The molecule has 0 aromatic heterocycles. The largest absolute Gasteiger partial charge is 0.379 e. The number of likely N-dealkylation sites (tertiary alicyclic amines) is 1. The molecule has 1 N–H and O–H groups in total. The van der Waals surface area contributed by atoms with Crippen molar-refractivity contribution in [2.75, 3.05) is 72.1 Å². The van der Waals surface area contributed by atoms with Gasteiger partial charge in [0.2, 0.25) is 0 Å². The van der Waals surface area contributed by atoms with Crippen LogP contribution in [0.25, 0.3) is 0 Å². The van der Waals surface area contributed by atoms with Crippen LogP contribution in [0.2, 0.25) is 0 Å². The van der Waals surface area contributed by atoms with Crippen LogP contribution in [0.3, 0.4) is 0 Å². The van der Waals surface area contributed by atoms with E-state index in [1.54, 1.807) is 0 Å². The molecule has 4 aliphatic heterocycles. The number of hydrogen-bond acceptors (Lipinski definition) is 6. The maximum atomic E-state index is 5.67. The molecule has 4 saturated heterocycles. The Balaban J connectivity index is 1.62. The molecule has 0 aliphatic carbocycles. The molecule has 0 amide bonds. The predicted molar refractivity (Wildman–Crippen MR) is 90.9 cm³/mol. The van der Waals surface area contributed by atoms with E-state index in [1.165, 1.54) is 51.7 Å². The lowest BCUT2D eigenvalue weighted by Crippen LogP contribution is -2.73. The Morgan fingerprint density at radius 1 is 0.696 bits per heavy atom. The summed E-state index contributed by atoms with van der Waals surface area (Å²) in [4.78, 5) is 5.56. The van der Waals surface area contributed by atoms with E-state index < -0.39 is 0 Å². The number of nitrogens with zero attached hydrogens (tertiary/aromatic N) is 4. The lowest BCUT2D eigenvalue weighted by atomic mass is 10.1. The number of hydrazine groups is 1. The molecule has 4 fully saturated rings. The standard InChI is InChI=1S/C17H33N5O/c1-2-8-19(9-3-1)17(20-13-15-23-16-14-20)5-4-10-22(17)21-11-6-18-7-12-21/h18H,1-16H2. The minimum Gasteiger partial charge on any atom is -0.379 e. The lowest BCUT2D eigenvalue weighted by molar-refractivity contribution is -0.244. The summed E-state index contributed by atoms with van der Waals surface area (Å²) in [6.45, 7) is 12.2. The highest BCUT2D eigenvalue weighted by Crippen LogP contribution is 2.39. The molecule has 0 radical (unpaired) electrons. The first-order chi connectivity index (χ1) is 11.4. The molecule has 4 heterocycles. The first kappa shape index (κ1) is 16.2. The molecule has 4 aliphatic rings. The van der Waals surface area contributed by atoms with Gasteiger partial charge in [0.05, 0.1) is 13.2 Å². The highest BCUT2D eigenvalue weighted by Gasteiger charge is 2.52. The highest BCUT2D eigenvalue weighted by atomic mass is 16.5. The number of ether oxygens (including phenoxy) is 1. The minimum absolute atomic E-state index is 0.127. The van der Waals surface area contributed by atoms with Gasteiger partial charge in [0.15, 0.2) is 0 Å². The highest BCUT2D eigenvalue weighted by molar-refractivity contribution is 4.97. The second-order valence-corrected chi connectivity index (χ2v) is 7.35. The van der Waals surface area contributed by atoms with Crippen molar-refractivity contribution >= 4 is 0 Å². The van der Waals surface area contributed by atoms with Crippen molar-refractivity contribution in [1.29, 1.82) is 0 Å². The van der Waals surface area contributed by atoms with Crippen molar-refractivity contribution < 1.29 is 4.74 Å². The summed E-state index contributed by atoms with van der Waals surface area (Å²) in [5.41, 5.74) is 0. The molecule has 4 rings (SSSR count). The second-order valence-electron chi connectivity index (χ2n) is 7.35. The molecule has 0 bridgehead atoms. The van der Waals surface area contributed by atoms with Crippen LogP contribution in [0.1, 0.15) is 32.1 Å². The maximum absolute atomic E-state index is 5.67. The molecule has 132 valence electrons. The summed E-state index contributed by atoms with van der Waals surface area (Å²) in [5.74, 6) is 0.127. The second kappa shape index (κ2) is 7.33. The quantitative estimate of drug-likeness (QED) is 0.809. The van der Waals surface area contributed by atoms with Crippen molar-refractivity contribution in [2.45, 2.75) is 37.9 Å². The van der Waals surface area contributed by atoms with Gasteiger partial charge in [-0.15, -0.1) is 0 Å². The summed E-state index contributed by atoms with van der Waals surface area (Å²) in [5, 5.41) is 8.91. The van der Waals surface area contributed by atoms with Gasteiger partial charge in [0.25, 0.3) is 0 Å². The van der Waals surface area contributed by atoms with Crippen LogP contribution in [0.4, 0.5) is 0 Å². The Hall–Kier alpha value is -0.240. The summed E-state index contributed by atoms with van der Waals surface area (Å²) in [6.07, 6.45) is 6.74. The van der Waals surface area contributed by atoms with Gasteiger partial charge in [-0.2, -0.15) is 0 Å². The summed E-state index contributed by atoms with van der Waals surface area (Å²) in [7, 11) is 0. The lowest BCUT2D eigenvalue weighted by Gasteiger charge is -2.58. The van der Waals surface area contributed by atoms with Crippen LogP contribution in [0.5, 0.6) is 0 Å². The van der Waals surface area contributed by atoms with Crippen molar-refractivity contribution in [2.24, 2.45) is 0 Å². The number of rotatable bonds is 3. The monoisotopic (exact) mass is 323 g/mol. The van der Waals surface area contributed by atoms with Crippen LogP contribution in [0, 0.1) is 0 Å². The normalized spacial score (nSPS) is 36.5. The molecule has 23 heavy (non-hydrogen) atoms. The fraction of sp³-hybridized carbons (Fsp3) is 1.00. The van der Waals surface area contributed by atoms with E-state index in [1.807, 2.05) is 0 Å². The van der Waals surface area contributed by atoms with Crippen LogP contribution < -0.4 is 5.32 Å². The van der Waals surface area contributed by atoms with Crippen LogP contribution >= 0.6 is 0 Å². The van der Waals surface area contributed by atoms with Gasteiger partial charge in [0.1, 0.15) is 5.79 Å². The number of morpholine rings is 1. The van der Waals surface area contributed by atoms with Crippen molar-refractivity contribution in [3.8, 4) is 0 Å². The van der Waals surface area contributed by atoms with E-state index >= 15 is 0 Å².